The minimum Gasteiger partial charge on any atom is -0.352 e. The molecule has 0 bridgehead atoms. The molecule has 1 fully saturated rings. The molecule has 1 aliphatic heterocycles. The quantitative estimate of drug-likeness (QED) is 0.442. The van der Waals surface area contributed by atoms with E-state index in [1.54, 1.807) is 36.8 Å². The van der Waals surface area contributed by atoms with E-state index >= 15 is 0 Å². The third kappa shape index (κ3) is 7.24. The standard InChI is InChI=1S/C27H34N6O2/c1-31-17-18-33(25(20-31)22-7-3-2-4-8-22)14-6-12-29-27(35)23-9-5-10-24(19-23)30-26(34)11-15-32-16-13-28-21-32/h2-5,7-10,13,16,19,21,25H,6,11-12,14-15,17-18,20H2,1H3,(H,29,35)(H,30,34). The van der Waals surface area contributed by atoms with Crippen molar-refractivity contribution in [3.05, 3.63) is 84.4 Å². The summed E-state index contributed by atoms with van der Waals surface area (Å²) in [6.45, 7) is 5.18. The van der Waals surface area contributed by atoms with Crippen molar-refractivity contribution in [2.45, 2.75) is 25.4 Å². The molecule has 8 heteroatoms. The summed E-state index contributed by atoms with van der Waals surface area (Å²) < 4.78 is 1.85. The van der Waals surface area contributed by atoms with E-state index in [0.717, 1.165) is 32.6 Å². The van der Waals surface area contributed by atoms with Crippen LogP contribution in [0.2, 0.25) is 0 Å². The number of piperazine rings is 1. The molecule has 0 radical (unpaired) electrons. The van der Waals surface area contributed by atoms with Crippen molar-refractivity contribution in [1.82, 2.24) is 24.7 Å². The van der Waals surface area contributed by atoms with Crippen LogP contribution >= 0.6 is 0 Å². The number of aromatic nitrogens is 2. The highest BCUT2D eigenvalue weighted by Gasteiger charge is 2.25. The van der Waals surface area contributed by atoms with Crippen molar-refractivity contribution in [1.29, 1.82) is 0 Å². The third-order valence-corrected chi connectivity index (χ3v) is 6.35. The number of hydrogen-bond donors (Lipinski definition) is 2. The van der Waals surface area contributed by atoms with Gasteiger partial charge in [-0.25, -0.2) is 4.98 Å². The predicted octanol–water partition coefficient (Wildman–Crippen LogP) is 3.02. The Kier molecular flexibility index (Phi) is 8.64. The van der Waals surface area contributed by atoms with Crippen LogP contribution in [0.25, 0.3) is 0 Å². The summed E-state index contributed by atoms with van der Waals surface area (Å²) in [5.74, 6) is -0.228. The van der Waals surface area contributed by atoms with E-state index in [4.69, 9.17) is 0 Å². The highest BCUT2D eigenvalue weighted by Crippen LogP contribution is 2.24. The van der Waals surface area contributed by atoms with Crippen LogP contribution in [0.1, 0.15) is 34.8 Å². The van der Waals surface area contributed by atoms with E-state index in [2.05, 4.69) is 62.8 Å². The normalized spacial score (nSPS) is 16.7. The third-order valence-electron chi connectivity index (χ3n) is 6.35. The highest BCUT2D eigenvalue weighted by molar-refractivity contribution is 5.97. The molecule has 2 N–H and O–H groups in total. The average molecular weight is 475 g/mol. The molecule has 2 amide bonds. The van der Waals surface area contributed by atoms with Gasteiger partial charge in [-0.2, -0.15) is 0 Å². The highest BCUT2D eigenvalue weighted by atomic mass is 16.2. The number of carbonyl (C=O) groups excluding carboxylic acids is 2. The molecule has 35 heavy (non-hydrogen) atoms. The molecule has 3 aromatic rings. The SMILES string of the molecule is CN1CCN(CCCNC(=O)c2cccc(NC(=O)CCn3ccnc3)c2)C(c2ccccc2)C1. The first-order valence-electron chi connectivity index (χ1n) is 12.2. The zero-order valence-electron chi connectivity index (χ0n) is 20.3. The molecular formula is C27H34N6O2. The number of aryl methyl sites for hydroxylation is 1. The average Bonchev–Trinajstić information content (AvgIpc) is 3.40. The molecule has 2 aromatic carbocycles. The van der Waals surface area contributed by atoms with E-state index < -0.39 is 0 Å². The number of hydrogen-bond acceptors (Lipinski definition) is 5. The number of nitrogens with zero attached hydrogens (tertiary/aromatic N) is 4. The van der Waals surface area contributed by atoms with Crippen LogP contribution in [-0.2, 0) is 11.3 Å². The molecule has 4 rings (SSSR count). The summed E-state index contributed by atoms with van der Waals surface area (Å²) in [6, 6.07) is 18.1. The van der Waals surface area contributed by atoms with Gasteiger partial charge in [-0.3, -0.25) is 14.5 Å². The van der Waals surface area contributed by atoms with E-state index in [1.165, 1.54) is 5.56 Å². The lowest BCUT2D eigenvalue weighted by Gasteiger charge is -2.40. The summed E-state index contributed by atoms with van der Waals surface area (Å²) in [5.41, 5.74) is 2.50. The van der Waals surface area contributed by atoms with E-state index in [1.807, 2.05) is 10.8 Å². The number of rotatable bonds is 10. The second-order valence-electron chi connectivity index (χ2n) is 9.01. The van der Waals surface area contributed by atoms with Crippen LogP contribution in [0.5, 0.6) is 0 Å². The first-order chi connectivity index (χ1) is 17.1. The number of anilines is 1. The molecule has 0 spiro atoms. The number of amides is 2. The molecule has 1 aromatic heterocycles. The van der Waals surface area contributed by atoms with Crippen molar-refractivity contribution in [3.63, 3.8) is 0 Å². The summed E-state index contributed by atoms with van der Waals surface area (Å²) in [5, 5.41) is 5.90. The maximum absolute atomic E-state index is 12.7. The number of likely N-dealkylation sites (N-methyl/N-ethyl adjacent to an activating group) is 1. The van der Waals surface area contributed by atoms with Gasteiger partial charge < -0.3 is 20.1 Å². The maximum atomic E-state index is 12.7. The Bertz CT molecular complexity index is 1090. The van der Waals surface area contributed by atoms with Gasteiger partial charge in [0, 0.05) is 75.4 Å². The molecule has 1 atom stereocenters. The van der Waals surface area contributed by atoms with Gasteiger partial charge in [-0.05, 0) is 37.2 Å². The smallest absolute Gasteiger partial charge is 0.251 e. The largest absolute Gasteiger partial charge is 0.352 e. The molecule has 0 saturated carbocycles. The van der Waals surface area contributed by atoms with Gasteiger partial charge in [0.2, 0.25) is 5.91 Å². The van der Waals surface area contributed by atoms with Crippen LogP contribution in [0.15, 0.2) is 73.3 Å². The van der Waals surface area contributed by atoms with Crippen LogP contribution in [0.3, 0.4) is 0 Å². The number of nitrogens with one attached hydrogen (secondary N) is 2. The second kappa shape index (κ2) is 12.3. The Hall–Kier alpha value is -3.49. The van der Waals surface area contributed by atoms with Crippen LogP contribution in [-0.4, -0.2) is 70.9 Å². The fraction of sp³-hybridized carbons (Fsp3) is 0.370. The lowest BCUT2D eigenvalue weighted by molar-refractivity contribution is -0.116. The van der Waals surface area contributed by atoms with Crippen molar-refractivity contribution >= 4 is 17.5 Å². The maximum Gasteiger partial charge on any atom is 0.251 e. The summed E-state index contributed by atoms with van der Waals surface area (Å²) >= 11 is 0. The topological polar surface area (TPSA) is 82.5 Å². The Morgan fingerprint density at radius 1 is 1.06 bits per heavy atom. The van der Waals surface area contributed by atoms with Crippen molar-refractivity contribution in [2.75, 3.05) is 45.1 Å². The fourth-order valence-corrected chi connectivity index (χ4v) is 4.41. The van der Waals surface area contributed by atoms with Crippen LogP contribution in [0.4, 0.5) is 5.69 Å². The number of imidazole rings is 1. The van der Waals surface area contributed by atoms with Gasteiger partial charge in [-0.15, -0.1) is 0 Å². The molecule has 1 saturated heterocycles. The van der Waals surface area contributed by atoms with Crippen molar-refractivity contribution in [3.8, 4) is 0 Å². The summed E-state index contributed by atoms with van der Waals surface area (Å²) in [6.07, 6.45) is 6.41. The van der Waals surface area contributed by atoms with Gasteiger partial charge in [-0.1, -0.05) is 36.4 Å². The number of benzene rings is 2. The molecular weight excluding hydrogens is 440 g/mol. The monoisotopic (exact) mass is 474 g/mol. The molecule has 8 nitrogen and oxygen atoms in total. The molecule has 0 aliphatic carbocycles. The van der Waals surface area contributed by atoms with E-state index in [9.17, 15) is 9.59 Å². The first-order valence-corrected chi connectivity index (χ1v) is 12.2. The minimum atomic E-state index is -0.127. The minimum absolute atomic E-state index is 0.101. The van der Waals surface area contributed by atoms with Gasteiger partial charge >= 0.3 is 0 Å². The van der Waals surface area contributed by atoms with Gasteiger partial charge in [0.15, 0.2) is 0 Å². The summed E-state index contributed by atoms with van der Waals surface area (Å²) in [7, 11) is 2.17. The Labute approximate surface area is 207 Å². The number of carbonyl (C=O) groups is 2. The first kappa shape index (κ1) is 24.6. The lowest BCUT2D eigenvalue weighted by Crippen LogP contribution is -2.47. The molecule has 184 valence electrons. The Balaban J connectivity index is 1.23. The van der Waals surface area contributed by atoms with Crippen molar-refractivity contribution in [2.24, 2.45) is 0 Å². The van der Waals surface area contributed by atoms with Crippen LogP contribution < -0.4 is 10.6 Å². The molecule has 1 unspecified atom stereocenters. The van der Waals surface area contributed by atoms with E-state index in [-0.39, 0.29) is 11.8 Å². The van der Waals surface area contributed by atoms with Crippen molar-refractivity contribution < 1.29 is 9.59 Å². The Morgan fingerprint density at radius 3 is 2.71 bits per heavy atom. The Morgan fingerprint density at radius 2 is 1.91 bits per heavy atom. The second-order valence-corrected chi connectivity index (χ2v) is 9.01. The fourth-order valence-electron chi connectivity index (χ4n) is 4.41. The van der Waals surface area contributed by atoms with E-state index in [0.29, 0.717) is 36.8 Å². The summed E-state index contributed by atoms with van der Waals surface area (Å²) in [4.78, 5) is 33.8. The van der Waals surface area contributed by atoms with Gasteiger partial charge in [0.05, 0.1) is 6.33 Å². The van der Waals surface area contributed by atoms with Gasteiger partial charge in [0.25, 0.3) is 5.91 Å². The predicted molar refractivity (Wildman–Crippen MR) is 137 cm³/mol. The molecule has 1 aliphatic rings. The molecule has 2 heterocycles. The zero-order chi connectivity index (χ0) is 24.5. The lowest BCUT2D eigenvalue weighted by atomic mass is 10.0. The van der Waals surface area contributed by atoms with Gasteiger partial charge in [0.1, 0.15) is 0 Å². The zero-order valence-corrected chi connectivity index (χ0v) is 20.3. The van der Waals surface area contributed by atoms with Crippen LogP contribution in [0, 0.1) is 0 Å².